The molecule has 21 heavy (non-hydrogen) atoms. The maximum Gasteiger partial charge on any atom is 0.217 e. The molecule has 0 bridgehead atoms. The van der Waals surface area contributed by atoms with E-state index in [4.69, 9.17) is 4.74 Å². The van der Waals surface area contributed by atoms with Crippen molar-refractivity contribution >= 4 is 10.0 Å². The van der Waals surface area contributed by atoms with E-state index in [-0.39, 0.29) is 16.8 Å². The first kappa shape index (κ1) is 17.2. The van der Waals surface area contributed by atoms with Gasteiger partial charge in [0.25, 0.3) is 0 Å². The van der Waals surface area contributed by atoms with Crippen LogP contribution in [0.1, 0.15) is 52.9 Å². The lowest BCUT2D eigenvalue weighted by molar-refractivity contribution is 0.0961. The second kappa shape index (κ2) is 6.94. The summed E-state index contributed by atoms with van der Waals surface area (Å²) in [6, 6.07) is 0.103. The highest BCUT2D eigenvalue weighted by Crippen LogP contribution is 2.27. The van der Waals surface area contributed by atoms with Gasteiger partial charge in [0.05, 0.1) is 5.25 Å². The summed E-state index contributed by atoms with van der Waals surface area (Å²) in [7, 11) is -3.19. The average Bonchev–Trinajstić information content (AvgIpc) is 2.45. The highest BCUT2D eigenvalue weighted by molar-refractivity contribution is 7.89. The molecule has 0 spiro atoms. The molecule has 5 nitrogen and oxygen atoms in total. The summed E-state index contributed by atoms with van der Waals surface area (Å²) >= 11 is 0. The monoisotopic (exact) mass is 318 g/mol. The minimum atomic E-state index is -3.19. The van der Waals surface area contributed by atoms with Crippen molar-refractivity contribution in [2.24, 2.45) is 0 Å². The van der Waals surface area contributed by atoms with Crippen LogP contribution in [0.2, 0.25) is 0 Å². The topological polar surface area (TPSA) is 58.6 Å². The first-order valence-electron chi connectivity index (χ1n) is 8.14. The molecule has 0 saturated carbocycles. The Labute approximate surface area is 129 Å². The van der Waals surface area contributed by atoms with Gasteiger partial charge in [0.1, 0.15) is 0 Å². The number of hydrogen-bond acceptors (Lipinski definition) is 4. The smallest absolute Gasteiger partial charge is 0.217 e. The molecule has 0 aromatic rings. The molecule has 2 aliphatic heterocycles. The third-order valence-electron chi connectivity index (χ3n) is 4.36. The Morgan fingerprint density at radius 3 is 2.43 bits per heavy atom. The molecule has 0 aromatic heterocycles. The first-order valence-corrected chi connectivity index (χ1v) is 9.64. The number of hydrogen-bond donors (Lipinski definition) is 1. The summed E-state index contributed by atoms with van der Waals surface area (Å²) < 4.78 is 32.9. The van der Waals surface area contributed by atoms with Crippen molar-refractivity contribution in [1.82, 2.24) is 9.62 Å². The number of nitrogens with one attached hydrogen (secondary N) is 1. The van der Waals surface area contributed by atoms with Crippen LogP contribution in [0.25, 0.3) is 0 Å². The third-order valence-corrected chi connectivity index (χ3v) is 6.81. The quantitative estimate of drug-likeness (QED) is 0.858. The predicted octanol–water partition coefficient (Wildman–Crippen LogP) is 1.74. The fraction of sp³-hybridized carbons (Fsp3) is 1.00. The van der Waals surface area contributed by atoms with E-state index in [1.165, 1.54) is 0 Å². The number of sulfonamides is 1. The van der Waals surface area contributed by atoms with Crippen LogP contribution in [0.5, 0.6) is 0 Å². The van der Waals surface area contributed by atoms with Crippen LogP contribution >= 0.6 is 0 Å². The van der Waals surface area contributed by atoms with E-state index in [1.807, 2.05) is 0 Å². The molecule has 2 aliphatic rings. The molecule has 2 heterocycles. The van der Waals surface area contributed by atoms with Crippen LogP contribution in [-0.2, 0) is 14.8 Å². The Hall–Kier alpha value is -0.170. The van der Waals surface area contributed by atoms with Crippen LogP contribution in [0, 0.1) is 0 Å². The fourth-order valence-electron chi connectivity index (χ4n) is 3.10. The minimum Gasteiger partial charge on any atom is -0.381 e. The van der Waals surface area contributed by atoms with E-state index in [0.717, 1.165) is 25.8 Å². The molecule has 0 radical (unpaired) electrons. The molecule has 2 fully saturated rings. The highest BCUT2D eigenvalue weighted by atomic mass is 32.2. The van der Waals surface area contributed by atoms with Gasteiger partial charge in [0, 0.05) is 37.9 Å². The zero-order chi connectivity index (χ0) is 15.5. The summed E-state index contributed by atoms with van der Waals surface area (Å²) in [6.07, 6.45) is 4.34. The minimum absolute atomic E-state index is 0.0194. The number of nitrogens with zero attached hydrogens (tertiary/aromatic N) is 1. The average molecular weight is 318 g/mol. The summed E-state index contributed by atoms with van der Waals surface area (Å²) in [5.74, 6) is 0. The SMILES string of the molecule is CC(C)(C)NCC1CCCCN1S(=O)(=O)C1CCOCC1. The summed E-state index contributed by atoms with van der Waals surface area (Å²) in [4.78, 5) is 0. The predicted molar refractivity (Wildman–Crippen MR) is 84.9 cm³/mol. The molecule has 0 amide bonds. The maximum absolute atomic E-state index is 12.9. The van der Waals surface area contributed by atoms with Crippen molar-refractivity contribution in [2.75, 3.05) is 26.3 Å². The van der Waals surface area contributed by atoms with Crippen molar-refractivity contribution in [1.29, 1.82) is 0 Å². The number of piperidine rings is 1. The Morgan fingerprint density at radius 2 is 1.81 bits per heavy atom. The molecule has 1 N–H and O–H groups in total. The highest BCUT2D eigenvalue weighted by Gasteiger charge is 2.38. The Kier molecular flexibility index (Phi) is 5.68. The van der Waals surface area contributed by atoms with Gasteiger partial charge in [-0.15, -0.1) is 0 Å². The van der Waals surface area contributed by atoms with Gasteiger partial charge in [-0.25, -0.2) is 8.42 Å². The normalized spacial score (nSPS) is 26.9. The second-order valence-electron chi connectivity index (χ2n) is 7.25. The lowest BCUT2D eigenvalue weighted by Gasteiger charge is -2.39. The van der Waals surface area contributed by atoms with Crippen molar-refractivity contribution in [3.63, 3.8) is 0 Å². The summed E-state index contributed by atoms with van der Waals surface area (Å²) in [6.45, 7) is 8.92. The van der Waals surface area contributed by atoms with E-state index in [2.05, 4.69) is 26.1 Å². The van der Waals surface area contributed by atoms with E-state index in [9.17, 15) is 8.42 Å². The Bertz CT molecular complexity index is 425. The summed E-state index contributed by atoms with van der Waals surface area (Å²) in [5, 5.41) is 3.22. The van der Waals surface area contributed by atoms with Gasteiger partial charge in [0.2, 0.25) is 10.0 Å². The van der Waals surface area contributed by atoms with E-state index >= 15 is 0 Å². The largest absolute Gasteiger partial charge is 0.381 e. The van der Waals surface area contributed by atoms with Crippen LogP contribution < -0.4 is 5.32 Å². The molecule has 6 heteroatoms. The van der Waals surface area contributed by atoms with Crippen molar-refractivity contribution in [2.45, 2.75) is 69.7 Å². The lowest BCUT2D eigenvalue weighted by Crippen LogP contribution is -2.54. The van der Waals surface area contributed by atoms with Gasteiger partial charge in [0.15, 0.2) is 0 Å². The van der Waals surface area contributed by atoms with Crippen LogP contribution in [0.4, 0.5) is 0 Å². The zero-order valence-corrected chi connectivity index (χ0v) is 14.4. The molecular weight excluding hydrogens is 288 g/mol. The molecular formula is C15H30N2O3S. The van der Waals surface area contributed by atoms with Crippen LogP contribution in [0.3, 0.4) is 0 Å². The molecule has 124 valence electrons. The molecule has 2 saturated heterocycles. The molecule has 1 unspecified atom stereocenters. The molecule has 0 aliphatic carbocycles. The van der Waals surface area contributed by atoms with E-state index in [0.29, 0.717) is 32.6 Å². The maximum atomic E-state index is 12.9. The summed E-state index contributed by atoms with van der Waals surface area (Å²) in [5.41, 5.74) is 0.0194. The third kappa shape index (κ3) is 4.65. The van der Waals surface area contributed by atoms with Gasteiger partial charge < -0.3 is 10.1 Å². The lowest BCUT2D eigenvalue weighted by atomic mass is 10.0. The van der Waals surface area contributed by atoms with Crippen molar-refractivity contribution < 1.29 is 13.2 Å². The second-order valence-corrected chi connectivity index (χ2v) is 9.41. The van der Waals surface area contributed by atoms with Gasteiger partial charge in [-0.3, -0.25) is 0 Å². The van der Waals surface area contributed by atoms with Crippen molar-refractivity contribution in [3.05, 3.63) is 0 Å². The number of ether oxygens (including phenoxy) is 1. The van der Waals surface area contributed by atoms with Gasteiger partial charge >= 0.3 is 0 Å². The standard InChI is InChI=1S/C15H30N2O3S/c1-15(2,3)16-12-13-6-4-5-9-17(13)21(18,19)14-7-10-20-11-8-14/h13-14,16H,4-12H2,1-3H3. The fourth-order valence-corrected chi connectivity index (χ4v) is 5.25. The van der Waals surface area contributed by atoms with Gasteiger partial charge in [-0.05, 0) is 46.5 Å². The van der Waals surface area contributed by atoms with Crippen LogP contribution in [-0.4, -0.2) is 55.9 Å². The Balaban J connectivity index is 2.06. The zero-order valence-electron chi connectivity index (χ0n) is 13.6. The van der Waals surface area contributed by atoms with E-state index < -0.39 is 10.0 Å². The molecule has 2 rings (SSSR count). The molecule has 0 aromatic carbocycles. The Morgan fingerprint density at radius 1 is 1.14 bits per heavy atom. The van der Waals surface area contributed by atoms with Crippen LogP contribution in [0.15, 0.2) is 0 Å². The van der Waals surface area contributed by atoms with Gasteiger partial charge in [-0.2, -0.15) is 4.31 Å². The van der Waals surface area contributed by atoms with E-state index in [1.54, 1.807) is 4.31 Å². The van der Waals surface area contributed by atoms with Gasteiger partial charge in [-0.1, -0.05) is 6.42 Å². The first-order chi connectivity index (χ1) is 9.81. The molecule has 1 atom stereocenters. The number of rotatable bonds is 4. The van der Waals surface area contributed by atoms with Crippen molar-refractivity contribution in [3.8, 4) is 0 Å².